The number of unbranched alkanes of at least 4 members (excludes halogenated alkanes) is 3. The van der Waals surface area contributed by atoms with Crippen molar-refractivity contribution in [3.05, 3.63) is 29.3 Å². The first-order valence-corrected chi connectivity index (χ1v) is 13.7. The number of nitrogens with one attached hydrogen (secondary N) is 1. The van der Waals surface area contributed by atoms with E-state index in [0.29, 0.717) is 30.8 Å². The Balaban J connectivity index is 1.08. The second kappa shape index (κ2) is 10.0. The van der Waals surface area contributed by atoms with Gasteiger partial charge in [0.05, 0.1) is 7.11 Å². The zero-order valence-electron chi connectivity index (χ0n) is 21.1. The van der Waals surface area contributed by atoms with Crippen molar-refractivity contribution in [1.29, 1.82) is 0 Å². The first kappa shape index (κ1) is 23.8. The van der Waals surface area contributed by atoms with Crippen molar-refractivity contribution in [2.75, 3.05) is 20.2 Å². The number of fused-ring (bicyclic) bond motifs is 5. The molecule has 3 unspecified atom stereocenters. The molecule has 1 N–H and O–H groups in total. The molecular formula is C29H42N2O3. The SMILES string of the molecule is COc1ccc2c(c1)CCC1C2CC[C@@]2(C)C1CC[C@H]2NCCCCCCN1C(=O)CCC1=O. The maximum Gasteiger partial charge on any atom is 0.229 e. The van der Waals surface area contributed by atoms with E-state index in [1.54, 1.807) is 12.7 Å². The Labute approximate surface area is 205 Å². The minimum Gasteiger partial charge on any atom is -0.497 e. The van der Waals surface area contributed by atoms with Crippen molar-refractivity contribution in [1.82, 2.24) is 10.2 Å². The lowest BCUT2D eigenvalue weighted by atomic mass is 9.55. The molecule has 0 radical (unpaired) electrons. The third-order valence-electron chi connectivity index (χ3n) is 9.79. The number of hydrogen-bond acceptors (Lipinski definition) is 4. The molecule has 186 valence electrons. The minimum atomic E-state index is 0.0200. The number of amides is 2. The first-order valence-electron chi connectivity index (χ1n) is 13.7. The molecule has 3 aliphatic carbocycles. The number of hydrogen-bond donors (Lipinski definition) is 1. The van der Waals surface area contributed by atoms with Crippen LogP contribution >= 0.6 is 0 Å². The highest BCUT2D eigenvalue weighted by Gasteiger charge is 2.54. The molecule has 1 saturated heterocycles. The smallest absolute Gasteiger partial charge is 0.229 e. The molecule has 0 aromatic heterocycles. The van der Waals surface area contributed by atoms with Gasteiger partial charge in [0.25, 0.3) is 0 Å². The van der Waals surface area contributed by atoms with Gasteiger partial charge >= 0.3 is 0 Å². The van der Waals surface area contributed by atoms with Gasteiger partial charge in [0, 0.05) is 25.4 Å². The quantitative estimate of drug-likeness (QED) is 0.400. The summed E-state index contributed by atoms with van der Waals surface area (Å²) in [6, 6.07) is 7.44. The fourth-order valence-corrected chi connectivity index (χ4v) is 7.92. The standard InChI is InChI=1S/C29H42N2O3/c1-29-16-15-23-22-10-8-21(34-2)19-20(22)7-9-24(23)25(29)11-12-26(29)30-17-5-3-4-6-18-31-27(32)13-14-28(31)33/h8,10,19,23-26,30H,3-7,9,11-18H2,1-2H3/t23?,24?,25?,26-,29+/m1/s1. The molecule has 34 heavy (non-hydrogen) atoms. The van der Waals surface area contributed by atoms with E-state index in [-0.39, 0.29) is 11.8 Å². The number of methoxy groups -OCH3 is 1. The number of carbonyl (C=O) groups is 2. The normalized spacial score (nSPS) is 32.5. The van der Waals surface area contributed by atoms with Crippen LogP contribution < -0.4 is 10.1 Å². The number of ether oxygens (including phenoxy) is 1. The molecule has 1 aromatic rings. The highest BCUT2D eigenvalue weighted by Crippen LogP contribution is 2.61. The molecule has 5 heteroatoms. The van der Waals surface area contributed by atoms with Gasteiger partial charge in [0.2, 0.25) is 11.8 Å². The van der Waals surface area contributed by atoms with Gasteiger partial charge in [0.15, 0.2) is 0 Å². The summed E-state index contributed by atoms with van der Waals surface area (Å²) in [7, 11) is 1.77. The summed E-state index contributed by atoms with van der Waals surface area (Å²) < 4.78 is 5.48. The molecular weight excluding hydrogens is 424 g/mol. The van der Waals surface area contributed by atoms with Gasteiger partial charge in [-0.25, -0.2) is 0 Å². The van der Waals surface area contributed by atoms with Gasteiger partial charge in [0.1, 0.15) is 5.75 Å². The number of rotatable bonds is 9. The van der Waals surface area contributed by atoms with Crippen molar-refractivity contribution in [2.45, 2.75) is 95.9 Å². The number of carbonyl (C=O) groups excluding carboxylic acids is 2. The fourth-order valence-electron chi connectivity index (χ4n) is 7.92. The molecule has 0 bridgehead atoms. The van der Waals surface area contributed by atoms with Gasteiger partial charge in [-0.05, 0) is 104 Å². The van der Waals surface area contributed by atoms with Crippen LogP contribution in [0.3, 0.4) is 0 Å². The van der Waals surface area contributed by atoms with E-state index in [1.165, 1.54) is 61.8 Å². The van der Waals surface area contributed by atoms with E-state index in [0.717, 1.165) is 42.9 Å². The van der Waals surface area contributed by atoms with Gasteiger partial charge in [-0.3, -0.25) is 14.5 Å². The van der Waals surface area contributed by atoms with Crippen LogP contribution in [0.2, 0.25) is 0 Å². The molecule has 1 heterocycles. The number of imide groups is 1. The van der Waals surface area contributed by atoms with Crippen LogP contribution in [-0.2, 0) is 16.0 Å². The first-order chi connectivity index (χ1) is 16.5. The predicted octanol–water partition coefficient (Wildman–Crippen LogP) is 5.22. The van der Waals surface area contributed by atoms with E-state index in [4.69, 9.17) is 4.74 Å². The summed E-state index contributed by atoms with van der Waals surface area (Å²) in [5, 5.41) is 3.96. The fraction of sp³-hybridized carbons (Fsp3) is 0.724. The van der Waals surface area contributed by atoms with Crippen LogP contribution in [0.25, 0.3) is 0 Å². The van der Waals surface area contributed by atoms with Crippen molar-refractivity contribution >= 4 is 11.8 Å². The Kier molecular flexibility index (Phi) is 7.02. The number of aryl methyl sites for hydroxylation is 1. The summed E-state index contributed by atoms with van der Waals surface area (Å²) in [5.41, 5.74) is 3.56. The summed E-state index contributed by atoms with van der Waals surface area (Å²) in [6.07, 6.45) is 13.1. The molecule has 1 aliphatic heterocycles. The van der Waals surface area contributed by atoms with Crippen molar-refractivity contribution < 1.29 is 14.3 Å². The predicted molar refractivity (Wildman–Crippen MR) is 134 cm³/mol. The molecule has 5 atom stereocenters. The highest BCUT2D eigenvalue weighted by atomic mass is 16.5. The number of likely N-dealkylation sites (tertiary alicyclic amines) is 1. The lowest BCUT2D eigenvalue weighted by Crippen LogP contribution is -2.48. The molecule has 1 aromatic carbocycles. The molecule has 5 rings (SSSR count). The Hall–Kier alpha value is -1.88. The maximum atomic E-state index is 11.7. The van der Waals surface area contributed by atoms with Crippen LogP contribution in [0, 0.1) is 17.3 Å². The van der Waals surface area contributed by atoms with Crippen LogP contribution in [0.15, 0.2) is 18.2 Å². The van der Waals surface area contributed by atoms with Crippen molar-refractivity contribution in [3.63, 3.8) is 0 Å². The second-order valence-electron chi connectivity index (χ2n) is 11.5. The molecule has 0 spiro atoms. The monoisotopic (exact) mass is 466 g/mol. The van der Waals surface area contributed by atoms with Crippen molar-refractivity contribution in [3.8, 4) is 5.75 Å². The van der Waals surface area contributed by atoms with Gasteiger partial charge in [-0.1, -0.05) is 25.8 Å². The third-order valence-corrected chi connectivity index (χ3v) is 9.79. The second-order valence-corrected chi connectivity index (χ2v) is 11.5. The topological polar surface area (TPSA) is 58.6 Å². The Morgan fingerprint density at radius 1 is 1.00 bits per heavy atom. The van der Waals surface area contributed by atoms with Crippen molar-refractivity contribution in [2.24, 2.45) is 17.3 Å². The highest BCUT2D eigenvalue weighted by molar-refractivity contribution is 6.01. The largest absolute Gasteiger partial charge is 0.497 e. The van der Waals surface area contributed by atoms with E-state index in [2.05, 4.69) is 30.4 Å². The van der Waals surface area contributed by atoms with Gasteiger partial charge in [-0.15, -0.1) is 0 Å². The summed E-state index contributed by atoms with van der Waals surface area (Å²) in [4.78, 5) is 24.9. The average Bonchev–Trinajstić information content (AvgIpc) is 3.36. The number of nitrogens with zero attached hydrogens (tertiary/aromatic N) is 1. The van der Waals surface area contributed by atoms with Crippen LogP contribution in [0.1, 0.15) is 94.6 Å². The zero-order chi connectivity index (χ0) is 23.7. The van der Waals surface area contributed by atoms with Crippen LogP contribution in [-0.4, -0.2) is 43.0 Å². The molecule has 5 nitrogen and oxygen atoms in total. The van der Waals surface area contributed by atoms with Gasteiger partial charge < -0.3 is 10.1 Å². The lowest BCUT2D eigenvalue weighted by molar-refractivity contribution is -0.138. The lowest BCUT2D eigenvalue weighted by Gasteiger charge is -2.51. The van der Waals surface area contributed by atoms with E-state index < -0.39 is 0 Å². The van der Waals surface area contributed by atoms with Crippen LogP contribution in [0.4, 0.5) is 0 Å². The number of benzene rings is 1. The molecule has 2 amide bonds. The molecule has 3 fully saturated rings. The average molecular weight is 467 g/mol. The molecule has 2 saturated carbocycles. The summed E-state index contributed by atoms with van der Waals surface area (Å²) in [5.74, 6) is 3.46. The van der Waals surface area contributed by atoms with Crippen LogP contribution in [0.5, 0.6) is 5.75 Å². The Morgan fingerprint density at radius 2 is 1.79 bits per heavy atom. The third kappa shape index (κ3) is 4.41. The zero-order valence-corrected chi connectivity index (χ0v) is 21.1. The summed E-state index contributed by atoms with van der Waals surface area (Å²) >= 11 is 0. The van der Waals surface area contributed by atoms with E-state index >= 15 is 0 Å². The Bertz CT molecular complexity index is 899. The summed E-state index contributed by atoms with van der Waals surface area (Å²) in [6.45, 7) is 4.28. The molecule has 4 aliphatic rings. The minimum absolute atomic E-state index is 0.0200. The van der Waals surface area contributed by atoms with E-state index in [9.17, 15) is 9.59 Å². The Morgan fingerprint density at radius 3 is 2.59 bits per heavy atom. The maximum absolute atomic E-state index is 11.7. The van der Waals surface area contributed by atoms with Gasteiger partial charge in [-0.2, -0.15) is 0 Å². The van der Waals surface area contributed by atoms with E-state index in [1.807, 2.05) is 0 Å².